The van der Waals surface area contributed by atoms with Crippen LogP contribution in [0.4, 0.5) is 0 Å². The van der Waals surface area contributed by atoms with Crippen LogP contribution in [0.2, 0.25) is 0 Å². The van der Waals surface area contributed by atoms with E-state index in [0.29, 0.717) is 0 Å². The summed E-state index contributed by atoms with van der Waals surface area (Å²) in [6.07, 6.45) is 4.03. The molecule has 0 fully saturated rings. The van der Waals surface area contributed by atoms with E-state index in [0.717, 1.165) is 22.4 Å². The number of aromatic nitrogens is 3. The zero-order chi connectivity index (χ0) is 15.2. The van der Waals surface area contributed by atoms with Gasteiger partial charge in [-0.2, -0.15) is 0 Å². The third-order valence-electron chi connectivity index (χ3n) is 4.27. The lowest BCUT2D eigenvalue weighted by Gasteiger charge is -2.07. The van der Waals surface area contributed by atoms with Crippen LogP contribution in [0.5, 0.6) is 0 Å². The van der Waals surface area contributed by atoms with Crippen molar-refractivity contribution >= 4 is 27.6 Å². The van der Waals surface area contributed by atoms with E-state index >= 15 is 0 Å². The number of hydrogen-bond acceptors (Lipinski definition) is 2. The molecule has 0 saturated heterocycles. The van der Waals surface area contributed by atoms with Crippen LogP contribution < -0.4 is 0 Å². The predicted octanol–water partition coefficient (Wildman–Crippen LogP) is 4.70. The van der Waals surface area contributed by atoms with Gasteiger partial charge in [0.15, 0.2) is 0 Å². The minimum absolute atomic E-state index is 0.732. The molecule has 0 atom stereocenters. The molecule has 5 aromatic rings. The van der Waals surface area contributed by atoms with Crippen molar-refractivity contribution in [1.29, 1.82) is 0 Å². The fraction of sp³-hybridized carbons (Fsp3) is 0. The van der Waals surface area contributed by atoms with Crippen molar-refractivity contribution < 1.29 is 0 Å². The molecular formula is C20H13N3. The minimum atomic E-state index is 0.732. The summed E-state index contributed by atoms with van der Waals surface area (Å²) in [5.41, 5.74) is 4.33. The van der Waals surface area contributed by atoms with Gasteiger partial charge in [-0.3, -0.25) is 4.40 Å². The maximum absolute atomic E-state index is 4.56. The number of hydrogen-bond donors (Lipinski definition) is 0. The Hall–Kier alpha value is -3.20. The summed E-state index contributed by atoms with van der Waals surface area (Å²) in [6, 6.07) is 22.9. The fourth-order valence-corrected chi connectivity index (χ4v) is 3.17. The number of benzene rings is 3. The third-order valence-corrected chi connectivity index (χ3v) is 4.27. The van der Waals surface area contributed by atoms with Crippen LogP contribution >= 0.6 is 0 Å². The van der Waals surface area contributed by atoms with Gasteiger partial charge in [-0.15, -0.1) is 0 Å². The number of imidazole rings is 1. The van der Waals surface area contributed by atoms with E-state index in [4.69, 9.17) is 0 Å². The van der Waals surface area contributed by atoms with Crippen molar-refractivity contribution in [3.05, 3.63) is 79.1 Å². The van der Waals surface area contributed by atoms with Crippen molar-refractivity contribution in [2.45, 2.75) is 0 Å². The normalized spacial score (nSPS) is 11.5. The zero-order valence-corrected chi connectivity index (χ0v) is 12.3. The molecule has 0 aliphatic rings. The Kier molecular flexibility index (Phi) is 2.50. The molecule has 0 unspecified atom stereocenters. The van der Waals surface area contributed by atoms with Crippen molar-refractivity contribution in [2.75, 3.05) is 0 Å². The van der Waals surface area contributed by atoms with Crippen LogP contribution in [0.1, 0.15) is 0 Å². The molecule has 0 spiro atoms. The summed E-state index contributed by atoms with van der Waals surface area (Å²) in [5, 5.41) is 2.47. The second-order valence-corrected chi connectivity index (χ2v) is 5.64. The molecule has 0 N–H and O–H groups in total. The van der Waals surface area contributed by atoms with Crippen molar-refractivity contribution in [3.63, 3.8) is 0 Å². The van der Waals surface area contributed by atoms with Crippen LogP contribution in [-0.2, 0) is 0 Å². The molecule has 5 rings (SSSR count). The zero-order valence-electron chi connectivity index (χ0n) is 12.3. The van der Waals surface area contributed by atoms with Crippen LogP contribution in [0.15, 0.2) is 79.1 Å². The molecule has 2 aromatic heterocycles. The van der Waals surface area contributed by atoms with Crippen molar-refractivity contribution in [2.24, 2.45) is 0 Å². The van der Waals surface area contributed by atoms with Gasteiger partial charge in [0, 0.05) is 18.0 Å². The molecule has 108 valence electrons. The highest BCUT2D eigenvalue weighted by atomic mass is 15.1. The summed E-state index contributed by atoms with van der Waals surface area (Å²) in [5.74, 6) is 0.732. The SMILES string of the molecule is c1ccc2c(-c3cnc4nc5ccccc5n4c3)cccc2c1. The van der Waals surface area contributed by atoms with Crippen molar-refractivity contribution in [1.82, 2.24) is 14.4 Å². The van der Waals surface area contributed by atoms with Gasteiger partial charge in [-0.1, -0.05) is 54.6 Å². The number of nitrogens with zero attached hydrogens (tertiary/aromatic N) is 3. The van der Waals surface area contributed by atoms with E-state index < -0.39 is 0 Å². The Morgan fingerprint density at radius 1 is 0.783 bits per heavy atom. The Bertz CT molecular complexity index is 1170. The van der Waals surface area contributed by atoms with E-state index in [1.807, 2.05) is 24.4 Å². The van der Waals surface area contributed by atoms with Gasteiger partial charge in [-0.05, 0) is 28.5 Å². The second kappa shape index (κ2) is 4.65. The summed E-state index contributed by atoms with van der Waals surface area (Å²) < 4.78 is 2.06. The largest absolute Gasteiger partial charge is 0.283 e. The molecule has 0 aliphatic heterocycles. The summed E-state index contributed by atoms with van der Waals surface area (Å²) in [7, 11) is 0. The third kappa shape index (κ3) is 1.83. The van der Waals surface area contributed by atoms with Crippen LogP contribution in [0.25, 0.3) is 38.7 Å². The Balaban J connectivity index is 1.84. The molecule has 0 amide bonds. The van der Waals surface area contributed by atoms with E-state index in [1.54, 1.807) is 0 Å². The first-order chi connectivity index (χ1) is 11.4. The molecular weight excluding hydrogens is 282 g/mol. The molecule has 0 aliphatic carbocycles. The highest BCUT2D eigenvalue weighted by Crippen LogP contribution is 2.28. The van der Waals surface area contributed by atoms with E-state index in [-0.39, 0.29) is 0 Å². The summed E-state index contributed by atoms with van der Waals surface area (Å²) >= 11 is 0. The molecule has 23 heavy (non-hydrogen) atoms. The molecule has 3 heteroatoms. The second-order valence-electron chi connectivity index (χ2n) is 5.64. The lowest BCUT2D eigenvalue weighted by molar-refractivity contribution is 1.14. The average Bonchev–Trinajstić information content (AvgIpc) is 2.99. The van der Waals surface area contributed by atoms with E-state index in [1.165, 1.54) is 16.3 Å². The number of fused-ring (bicyclic) bond motifs is 4. The number of para-hydroxylation sites is 2. The molecule has 0 saturated carbocycles. The van der Waals surface area contributed by atoms with Crippen molar-refractivity contribution in [3.8, 4) is 11.1 Å². The number of rotatable bonds is 1. The van der Waals surface area contributed by atoms with Crippen LogP contribution in [0, 0.1) is 0 Å². The van der Waals surface area contributed by atoms with Gasteiger partial charge in [-0.25, -0.2) is 9.97 Å². The highest BCUT2D eigenvalue weighted by Gasteiger charge is 2.08. The maximum Gasteiger partial charge on any atom is 0.234 e. The Morgan fingerprint density at radius 3 is 2.61 bits per heavy atom. The smallest absolute Gasteiger partial charge is 0.234 e. The molecule has 3 nitrogen and oxygen atoms in total. The van der Waals surface area contributed by atoms with E-state index in [9.17, 15) is 0 Å². The van der Waals surface area contributed by atoms with Gasteiger partial charge >= 0.3 is 0 Å². The Morgan fingerprint density at radius 2 is 1.61 bits per heavy atom. The first-order valence-corrected chi connectivity index (χ1v) is 7.61. The van der Waals surface area contributed by atoms with Gasteiger partial charge in [0.1, 0.15) is 0 Å². The van der Waals surface area contributed by atoms with E-state index in [2.05, 4.69) is 69.1 Å². The fourth-order valence-electron chi connectivity index (χ4n) is 3.17. The summed E-state index contributed by atoms with van der Waals surface area (Å²) in [4.78, 5) is 9.12. The average molecular weight is 295 g/mol. The topological polar surface area (TPSA) is 30.2 Å². The lowest BCUT2D eigenvalue weighted by atomic mass is 10.0. The first-order valence-electron chi connectivity index (χ1n) is 7.61. The molecule has 2 heterocycles. The van der Waals surface area contributed by atoms with Crippen LogP contribution in [0.3, 0.4) is 0 Å². The Labute approximate surface area is 132 Å². The highest BCUT2D eigenvalue weighted by molar-refractivity contribution is 5.96. The quantitative estimate of drug-likeness (QED) is 0.448. The predicted molar refractivity (Wildman–Crippen MR) is 93.4 cm³/mol. The van der Waals surface area contributed by atoms with Gasteiger partial charge in [0.05, 0.1) is 11.0 Å². The van der Waals surface area contributed by atoms with Crippen LogP contribution in [-0.4, -0.2) is 14.4 Å². The summed E-state index contributed by atoms with van der Waals surface area (Å²) in [6.45, 7) is 0. The standard InChI is InChI=1S/C20H13N3/c1-2-8-16-14(6-1)7-5-9-17(16)15-12-21-20-22-18-10-3-4-11-19(18)23(20)13-15/h1-13H. The lowest BCUT2D eigenvalue weighted by Crippen LogP contribution is -1.91. The molecule has 3 aromatic carbocycles. The maximum atomic E-state index is 4.56. The van der Waals surface area contributed by atoms with Gasteiger partial charge in [0.2, 0.25) is 5.78 Å². The first kappa shape index (κ1) is 12.4. The molecule has 0 radical (unpaired) electrons. The monoisotopic (exact) mass is 295 g/mol. The minimum Gasteiger partial charge on any atom is -0.283 e. The van der Waals surface area contributed by atoms with Gasteiger partial charge < -0.3 is 0 Å². The van der Waals surface area contributed by atoms with Gasteiger partial charge in [0.25, 0.3) is 0 Å². The molecule has 0 bridgehead atoms.